The molecule has 154 valence electrons. The molecule has 0 aliphatic heterocycles. The summed E-state index contributed by atoms with van der Waals surface area (Å²) < 4.78 is 6.18. The molecule has 0 amide bonds. The number of nitrogens with one attached hydrogen (secondary N) is 1. The van der Waals surface area contributed by atoms with Crippen molar-refractivity contribution in [3.05, 3.63) is 29.8 Å². The van der Waals surface area contributed by atoms with Crippen LogP contribution in [0.25, 0.3) is 0 Å². The zero-order valence-corrected chi connectivity index (χ0v) is 17.3. The van der Waals surface area contributed by atoms with E-state index in [0.717, 1.165) is 30.6 Å². The molecule has 4 bridgehead atoms. The Bertz CT molecular complexity index is 852. The summed E-state index contributed by atoms with van der Waals surface area (Å²) in [6.07, 6.45) is 6.30. The number of carbonyl (C=O) groups is 1. The van der Waals surface area contributed by atoms with Gasteiger partial charge in [0.15, 0.2) is 17.6 Å². The number of hydrogen-bond acceptors (Lipinski definition) is 4. The first-order valence-electron chi connectivity index (χ1n) is 10.4. The molecule has 29 heavy (non-hydrogen) atoms. The molecule has 1 aromatic carbocycles. The smallest absolute Gasteiger partial charge is 0.309 e. The number of aliphatic carboxylic acids is 1. The maximum Gasteiger partial charge on any atom is 0.309 e. The molecule has 0 aromatic heterocycles. The predicted molar refractivity (Wildman–Crippen MR) is 109 cm³/mol. The van der Waals surface area contributed by atoms with Crippen LogP contribution >= 0.6 is 0 Å². The lowest BCUT2D eigenvalue weighted by Gasteiger charge is -2.57. The van der Waals surface area contributed by atoms with Gasteiger partial charge in [-0.2, -0.15) is 5.26 Å². The first-order chi connectivity index (χ1) is 13.7. The van der Waals surface area contributed by atoms with Crippen LogP contribution in [0.15, 0.2) is 29.3 Å². The number of aryl methyl sites for hydroxylation is 1. The van der Waals surface area contributed by atoms with Crippen molar-refractivity contribution in [3.63, 3.8) is 0 Å². The average molecular weight is 396 g/mol. The monoisotopic (exact) mass is 395 g/mol. The van der Waals surface area contributed by atoms with Gasteiger partial charge < -0.3 is 9.84 Å². The summed E-state index contributed by atoms with van der Waals surface area (Å²) in [5.74, 6) is 1.63. The topological polar surface area (TPSA) is 94.7 Å². The molecule has 2 N–H and O–H groups in total. The summed E-state index contributed by atoms with van der Waals surface area (Å²) in [7, 11) is 0. The third kappa shape index (κ3) is 3.59. The second-order valence-electron chi connectivity index (χ2n) is 9.69. The largest absolute Gasteiger partial charge is 0.481 e. The zero-order chi connectivity index (χ0) is 20.8. The van der Waals surface area contributed by atoms with E-state index < -0.39 is 17.0 Å². The van der Waals surface area contributed by atoms with Gasteiger partial charge >= 0.3 is 5.97 Å². The van der Waals surface area contributed by atoms with E-state index in [1.807, 2.05) is 51.2 Å². The van der Waals surface area contributed by atoms with E-state index in [4.69, 9.17) is 9.73 Å². The molecular weight excluding hydrogens is 366 g/mol. The first kappa shape index (κ1) is 19.8. The van der Waals surface area contributed by atoms with Crippen LogP contribution in [-0.2, 0) is 4.79 Å². The second-order valence-corrected chi connectivity index (χ2v) is 9.69. The van der Waals surface area contributed by atoms with Gasteiger partial charge in [-0.3, -0.25) is 15.1 Å². The second kappa shape index (κ2) is 7.05. The van der Waals surface area contributed by atoms with Gasteiger partial charge in [0.1, 0.15) is 5.75 Å². The molecule has 5 rings (SSSR count). The summed E-state index contributed by atoms with van der Waals surface area (Å²) in [4.78, 5) is 17.0. The minimum atomic E-state index is -0.801. The van der Waals surface area contributed by atoms with Crippen molar-refractivity contribution >= 4 is 11.8 Å². The highest BCUT2D eigenvalue weighted by Gasteiger charge is 2.59. The van der Waals surface area contributed by atoms with Gasteiger partial charge in [0.2, 0.25) is 0 Å². The Morgan fingerprint density at radius 3 is 2.41 bits per heavy atom. The van der Waals surface area contributed by atoms with E-state index in [9.17, 15) is 15.2 Å². The summed E-state index contributed by atoms with van der Waals surface area (Å²) in [5.41, 5.74) is -0.205. The SMILES string of the molecule is Cc1ccc(OC(C)(C)C(=NC2C3CC4CC2CC(C(=O)O)(C4)C3)NC#N)cc1. The molecule has 4 fully saturated rings. The van der Waals surface area contributed by atoms with Crippen molar-refractivity contribution in [2.75, 3.05) is 0 Å². The number of ether oxygens (including phenoxy) is 1. The Labute approximate surface area is 172 Å². The van der Waals surface area contributed by atoms with Crippen LogP contribution in [0.2, 0.25) is 0 Å². The molecule has 0 spiro atoms. The Morgan fingerprint density at radius 1 is 1.24 bits per heavy atom. The van der Waals surface area contributed by atoms with Gasteiger partial charge in [0.25, 0.3) is 0 Å². The van der Waals surface area contributed by atoms with Gasteiger partial charge in [-0.25, -0.2) is 0 Å². The minimum absolute atomic E-state index is 0.0516. The number of carboxylic acid groups (broad SMARTS) is 1. The number of aliphatic imine (C=N–C) groups is 1. The van der Waals surface area contributed by atoms with E-state index in [2.05, 4.69) is 5.32 Å². The Morgan fingerprint density at radius 2 is 1.86 bits per heavy atom. The molecular formula is C23H29N3O3. The highest BCUT2D eigenvalue weighted by atomic mass is 16.5. The minimum Gasteiger partial charge on any atom is -0.481 e. The lowest BCUT2D eigenvalue weighted by molar-refractivity contribution is -0.166. The van der Waals surface area contributed by atoms with Crippen LogP contribution in [0.5, 0.6) is 5.75 Å². The quantitative estimate of drug-likeness (QED) is 0.341. The van der Waals surface area contributed by atoms with E-state index in [-0.39, 0.29) is 17.9 Å². The Balaban J connectivity index is 1.59. The number of nitriles is 1. The Kier molecular flexibility index (Phi) is 4.80. The molecule has 1 aromatic rings. The normalized spacial score (nSPS) is 33.2. The molecule has 4 aliphatic rings. The summed E-state index contributed by atoms with van der Waals surface area (Å²) in [5, 5.41) is 21.9. The molecule has 0 saturated heterocycles. The van der Waals surface area contributed by atoms with Crippen LogP contribution in [0.1, 0.15) is 51.5 Å². The fourth-order valence-corrected chi connectivity index (χ4v) is 5.96. The van der Waals surface area contributed by atoms with E-state index >= 15 is 0 Å². The number of carboxylic acids is 1. The third-order valence-corrected chi connectivity index (χ3v) is 7.09. The number of rotatable bonds is 5. The highest BCUT2D eigenvalue weighted by Crippen LogP contribution is 2.61. The average Bonchev–Trinajstić information content (AvgIpc) is 2.65. The van der Waals surface area contributed by atoms with Crippen LogP contribution in [-0.4, -0.2) is 28.6 Å². The molecule has 6 nitrogen and oxygen atoms in total. The van der Waals surface area contributed by atoms with Crippen molar-refractivity contribution < 1.29 is 14.6 Å². The standard InChI is InChI=1S/C23H29N3O3/c1-14-4-6-18(7-5-14)29-22(2,3)20(25-13-24)26-19-16-8-15-9-17(19)12-23(10-15,11-16)21(27)28/h4-7,15-17,19H,8-12H2,1-3H3,(H,25,26)(H,27,28). The molecule has 4 saturated carbocycles. The van der Waals surface area contributed by atoms with Gasteiger partial charge in [-0.05, 0) is 82.8 Å². The van der Waals surface area contributed by atoms with Gasteiger partial charge in [0.05, 0.1) is 11.5 Å². The van der Waals surface area contributed by atoms with Gasteiger partial charge in [-0.1, -0.05) is 17.7 Å². The van der Waals surface area contributed by atoms with Gasteiger partial charge in [0, 0.05) is 0 Å². The fourth-order valence-electron chi connectivity index (χ4n) is 5.96. The maximum atomic E-state index is 12.0. The van der Waals surface area contributed by atoms with Crippen LogP contribution in [0.3, 0.4) is 0 Å². The Hall–Kier alpha value is -2.55. The fraction of sp³-hybridized carbons (Fsp3) is 0.609. The molecule has 4 aliphatic carbocycles. The number of benzene rings is 1. The zero-order valence-electron chi connectivity index (χ0n) is 17.3. The maximum absolute atomic E-state index is 12.0. The summed E-state index contributed by atoms with van der Waals surface area (Å²) in [6.45, 7) is 5.84. The number of hydrogen-bond donors (Lipinski definition) is 2. The molecule has 6 heteroatoms. The summed E-state index contributed by atoms with van der Waals surface area (Å²) >= 11 is 0. The number of amidine groups is 1. The predicted octanol–water partition coefficient (Wildman–Crippen LogP) is 3.90. The lowest BCUT2D eigenvalue weighted by atomic mass is 9.48. The molecule has 0 radical (unpaired) electrons. The molecule has 2 unspecified atom stereocenters. The molecule has 2 atom stereocenters. The third-order valence-electron chi connectivity index (χ3n) is 7.09. The highest BCUT2D eigenvalue weighted by molar-refractivity contribution is 5.91. The van der Waals surface area contributed by atoms with E-state index in [1.54, 1.807) is 0 Å². The number of nitrogens with zero attached hydrogens (tertiary/aromatic N) is 2. The van der Waals surface area contributed by atoms with Crippen molar-refractivity contribution in [2.24, 2.45) is 28.2 Å². The van der Waals surface area contributed by atoms with Crippen molar-refractivity contribution in [1.82, 2.24) is 5.32 Å². The van der Waals surface area contributed by atoms with Gasteiger partial charge in [-0.15, -0.1) is 0 Å². The van der Waals surface area contributed by atoms with Crippen LogP contribution in [0, 0.1) is 41.5 Å². The summed E-state index contributed by atoms with van der Waals surface area (Å²) in [6, 6.07) is 7.86. The van der Waals surface area contributed by atoms with E-state index in [1.165, 1.54) is 0 Å². The van der Waals surface area contributed by atoms with Crippen molar-refractivity contribution in [3.8, 4) is 11.9 Å². The van der Waals surface area contributed by atoms with Crippen LogP contribution in [0.4, 0.5) is 0 Å². The first-order valence-corrected chi connectivity index (χ1v) is 10.4. The van der Waals surface area contributed by atoms with Crippen molar-refractivity contribution in [2.45, 2.75) is 64.5 Å². The molecule has 0 heterocycles. The lowest BCUT2D eigenvalue weighted by Crippen LogP contribution is -2.56. The van der Waals surface area contributed by atoms with Crippen molar-refractivity contribution in [1.29, 1.82) is 5.26 Å². The van der Waals surface area contributed by atoms with Crippen LogP contribution < -0.4 is 10.1 Å². The van der Waals surface area contributed by atoms with E-state index in [0.29, 0.717) is 24.6 Å².